The Morgan fingerprint density at radius 1 is 1.30 bits per heavy atom. The monoisotopic (exact) mass is 362 g/mol. The van der Waals surface area contributed by atoms with E-state index in [0.29, 0.717) is 5.92 Å². The SMILES string of the molecule is CCc1cccc2c1OC1C(C(=O)[O-])Nc3cc(C4CCC4)cc(C)c3C21. The number of carboxylic acids is 1. The normalized spacial score (nSPS) is 25.5. The number of ether oxygens (including phenoxy) is 1. The zero-order valence-corrected chi connectivity index (χ0v) is 15.7. The Kier molecular flexibility index (Phi) is 3.71. The molecule has 0 amide bonds. The molecule has 3 unspecified atom stereocenters. The lowest BCUT2D eigenvalue weighted by atomic mass is 9.75. The molecule has 0 radical (unpaired) electrons. The smallest absolute Gasteiger partial charge is 0.135 e. The van der Waals surface area contributed by atoms with E-state index in [2.05, 4.69) is 49.5 Å². The van der Waals surface area contributed by atoms with Gasteiger partial charge in [0.05, 0.1) is 11.9 Å². The summed E-state index contributed by atoms with van der Waals surface area (Å²) in [5, 5.41) is 15.2. The number of aryl methyl sites for hydroxylation is 2. The predicted octanol–water partition coefficient (Wildman–Crippen LogP) is 3.26. The summed E-state index contributed by atoms with van der Waals surface area (Å²) in [6.45, 7) is 4.24. The van der Waals surface area contributed by atoms with Crippen molar-refractivity contribution in [1.29, 1.82) is 0 Å². The molecule has 2 aromatic carbocycles. The van der Waals surface area contributed by atoms with Crippen molar-refractivity contribution in [3.05, 3.63) is 58.1 Å². The van der Waals surface area contributed by atoms with Crippen LogP contribution in [0.2, 0.25) is 0 Å². The summed E-state index contributed by atoms with van der Waals surface area (Å²) in [7, 11) is 0. The zero-order chi connectivity index (χ0) is 18.7. The van der Waals surface area contributed by atoms with Crippen LogP contribution in [-0.2, 0) is 11.2 Å². The molecule has 140 valence electrons. The molecular weight excluding hydrogens is 338 g/mol. The molecule has 4 nitrogen and oxygen atoms in total. The quantitative estimate of drug-likeness (QED) is 0.910. The second-order valence-corrected chi connectivity index (χ2v) is 8.12. The van der Waals surface area contributed by atoms with Gasteiger partial charge in [-0.3, -0.25) is 0 Å². The lowest BCUT2D eigenvalue weighted by molar-refractivity contribution is -0.308. The van der Waals surface area contributed by atoms with Gasteiger partial charge in [-0.25, -0.2) is 0 Å². The Morgan fingerprint density at radius 3 is 2.78 bits per heavy atom. The van der Waals surface area contributed by atoms with Crippen LogP contribution in [0, 0.1) is 6.92 Å². The molecule has 2 aromatic rings. The number of rotatable bonds is 3. The highest BCUT2D eigenvalue weighted by molar-refractivity contribution is 5.81. The van der Waals surface area contributed by atoms with Crippen molar-refractivity contribution >= 4 is 11.7 Å². The van der Waals surface area contributed by atoms with E-state index in [4.69, 9.17) is 4.74 Å². The first-order valence-corrected chi connectivity index (χ1v) is 9.98. The van der Waals surface area contributed by atoms with Gasteiger partial charge >= 0.3 is 0 Å². The maximum absolute atomic E-state index is 11.9. The Hall–Kier alpha value is -2.49. The van der Waals surface area contributed by atoms with Crippen molar-refractivity contribution in [3.8, 4) is 5.75 Å². The topological polar surface area (TPSA) is 61.4 Å². The van der Waals surface area contributed by atoms with E-state index >= 15 is 0 Å². The van der Waals surface area contributed by atoms with E-state index in [1.807, 2.05) is 0 Å². The Labute approximate surface area is 159 Å². The van der Waals surface area contributed by atoms with Crippen LogP contribution < -0.4 is 15.2 Å². The molecule has 3 atom stereocenters. The fourth-order valence-corrected chi connectivity index (χ4v) is 5.01. The van der Waals surface area contributed by atoms with Crippen molar-refractivity contribution in [3.63, 3.8) is 0 Å². The minimum atomic E-state index is -1.10. The number of carbonyl (C=O) groups excluding carboxylic acids is 1. The standard InChI is InChI=1S/C23H25NO3/c1-3-13-6-5-9-16-19-18-12(2)10-15(14-7-4-8-14)11-17(18)24-20(23(25)26)22(19)27-21(13)16/h5-6,9-11,14,19-20,22,24H,3-4,7-8H2,1-2H3,(H,25,26)/p-1. The number of benzene rings is 2. The average molecular weight is 362 g/mol. The molecule has 0 saturated heterocycles. The van der Waals surface area contributed by atoms with Gasteiger partial charge in [0.2, 0.25) is 0 Å². The minimum absolute atomic E-state index is 0.0684. The summed E-state index contributed by atoms with van der Waals surface area (Å²) in [4.78, 5) is 11.9. The van der Waals surface area contributed by atoms with Crippen molar-refractivity contribution < 1.29 is 14.6 Å². The van der Waals surface area contributed by atoms with Gasteiger partial charge in [-0.05, 0) is 60.4 Å². The van der Waals surface area contributed by atoms with E-state index < -0.39 is 18.1 Å². The fraction of sp³-hybridized carbons (Fsp3) is 0.435. The summed E-state index contributed by atoms with van der Waals surface area (Å²) in [6.07, 6.45) is 4.11. The maximum Gasteiger partial charge on any atom is 0.135 e. The number of nitrogens with one attached hydrogen (secondary N) is 1. The third-order valence-electron chi connectivity index (χ3n) is 6.62. The van der Waals surface area contributed by atoms with Crippen LogP contribution >= 0.6 is 0 Å². The van der Waals surface area contributed by atoms with Gasteiger partial charge in [-0.1, -0.05) is 37.6 Å². The summed E-state index contributed by atoms with van der Waals surface area (Å²) in [6, 6.07) is 9.81. The maximum atomic E-state index is 11.9. The molecular formula is C23H24NO3-. The predicted molar refractivity (Wildman–Crippen MR) is 102 cm³/mol. The van der Waals surface area contributed by atoms with Crippen molar-refractivity contribution in [1.82, 2.24) is 0 Å². The zero-order valence-electron chi connectivity index (χ0n) is 15.7. The minimum Gasteiger partial charge on any atom is -0.548 e. The lowest BCUT2D eigenvalue weighted by Crippen LogP contribution is -2.54. The summed E-state index contributed by atoms with van der Waals surface area (Å²) >= 11 is 0. The molecule has 1 N–H and O–H groups in total. The Balaban J connectivity index is 1.69. The number of carbonyl (C=O) groups is 1. The molecule has 4 heteroatoms. The van der Waals surface area contributed by atoms with Crippen LogP contribution in [0.3, 0.4) is 0 Å². The molecule has 27 heavy (non-hydrogen) atoms. The van der Waals surface area contributed by atoms with Gasteiger partial charge in [0.15, 0.2) is 0 Å². The molecule has 0 spiro atoms. The number of hydrogen-bond acceptors (Lipinski definition) is 4. The van der Waals surface area contributed by atoms with Crippen LogP contribution in [-0.4, -0.2) is 18.1 Å². The van der Waals surface area contributed by atoms with E-state index in [-0.39, 0.29) is 5.92 Å². The molecule has 1 saturated carbocycles. The molecule has 1 aliphatic carbocycles. The van der Waals surface area contributed by atoms with Crippen molar-refractivity contribution in [2.45, 2.75) is 63.5 Å². The number of hydrogen-bond donors (Lipinski definition) is 1. The van der Waals surface area contributed by atoms with E-state index in [9.17, 15) is 9.90 Å². The molecule has 2 aliphatic heterocycles. The summed E-state index contributed by atoms with van der Waals surface area (Å²) in [5.74, 6) is 0.293. The van der Waals surface area contributed by atoms with Crippen molar-refractivity contribution in [2.75, 3.05) is 5.32 Å². The van der Waals surface area contributed by atoms with Crippen molar-refractivity contribution in [2.24, 2.45) is 0 Å². The van der Waals surface area contributed by atoms with Gasteiger partial charge in [-0.15, -0.1) is 0 Å². The van der Waals surface area contributed by atoms with Gasteiger partial charge in [-0.2, -0.15) is 0 Å². The van der Waals surface area contributed by atoms with Crippen LogP contribution in [0.4, 0.5) is 5.69 Å². The number of aliphatic carboxylic acids is 1. The van der Waals surface area contributed by atoms with E-state index in [0.717, 1.165) is 29.0 Å². The number of carboxylic acid groups (broad SMARTS) is 1. The third kappa shape index (κ3) is 2.39. The van der Waals surface area contributed by atoms with Gasteiger partial charge in [0.25, 0.3) is 0 Å². The number of anilines is 1. The third-order valence-corrected chi connectivity index (χ3v) is 6.62. The van der Waals surface area contributed by atoms with Crippen LogP contribution in [0.5, 0.6) is 5.75 Å². The fourth-order valence-electron chi connectivity index (χ4n) is 5.01. The number of para-hydroxylation sites is 1. The number of fused-ring (bicyclic) bond motifs is 5. The van der Waals surface area contributed by atoms with Crippen LogP contribution in [0.15, 0.2) is 30.3 Å². The largest absolute Gasteiger partial charge is 0.548 e. The van der Waals surface area contributed by atoms with Gasteiger partial charge in [0, 0.05) is 11.3 Å². The van der Waals surface area contributed by atoms with Gasteiger partial charge in [0.1, 0.15) is 17.9 Å². The van der Waals surface area contributed by atoms with Crippen LogP contribution in [0.1, 0.15) is 65.8 Å². The highest BCUT2D eigenvalue weighted by Crippen LogP contribution is 2.52. The summed E-state index contributed by atoms with van der Waals surface area (Å²) in [5.41, 5.74) is 6.88. The second kappa shape index (κ2) is 6.01. The first-order chi connectivity index (χ1) is 13.1. The highest BCUT2D eigenvalue weighted by Gasteiger charge is 2.46. The molecule has 3 aliphatic rings. The lowest BCUT2D eigenvalue weighted by Gasteiger charge is -2.38. The second-order valence-electron chi connectivity index (χ2n) is 8.12. The molecule has 1 fully saturated rings. The highest BCUT2D eigenvalue weighted by atomic mass is 16.5. The average Bonchev–Trinajstić information content (AvgIpc) is 2.98. The van der Waals surface area contributed by atoms with E-state index in [1.165, 1.54) is 36.0 Å². The molecule has 2 heterocycles. The first-order valence-electron chi connectivity index (χ1n) is 9.98. The van der Waals surface area contributed by atoms with E-state index in [1.54, 1.807) is 0 Å². The summed E-state index contributed by atoms with van der Waals surface area (Å²) < 4.78 is 6.25. The Bertz CT molecular complexity index is 931. The molecule has 0 bridgehead atoms. The molecule has 0 aromatic heterocycles. The Morgan fingerprint density at radius 2 is 2.11 bits per heavy atom. The molecule has 5 rings (SSSR count). The van der Waals surface area contributed by atoms with Crippen LogP contribution in [0.25, 0.3) is 0 Å². The van der Waals surface area contributed by atoms with Gasteiger partial charge < -0.3 is 20.0 Å². The first kappa shape index (κ1) is 16.7.